The van der Waals surface area contributed by atoms with Crippen molar-refractivity contribution < 1.29 is 18.3 Å². The van der Waals surface area contributed by atoms with Gasteiger partial charge in [0.15, 0.2) is 0 Å². The van der Waals surface area contributed by atoms with E-state index in [1.165, 1.54) is 4.31 Å². The fraction of sp³-hybridized carbons (Fsp3) is 0.417. The molecule has 2 rings (SSSR count). The largest absolute Gasteiger partial charge is 0.481 e. The molecule has 0 amide bonds. The average molecular weight is 427 g/mol. The Bertz CT molecular complexity index is 624. The first-order chi connectivity index (χ1) is 9.32. The van der Waals surface area contributed by atoms with Gasteiger partial charge in [0, 0.05) is 22.0 Å². The minimum absolute atomic E-state index is 0.195. The molecule has 1 aliphatic rings. The summed E-state index contributed by atoms with van der Waals surface area (Å²) in [5, 5.41) is 8.94. The van der Waals surface area contributed by atoms with E-state index in [9.17, 15) is 13.2 Å². The predicted octanol–water partition coefficient (Wildman–Crippen LogP) is 2.70. The predicted molar refractivity (Wildman–Crippen MR) is 81.0 cm³/mol. The van der Waals surface area contributed by atoms with Crippen molar-refractivity contribution in [3.8, 4) is 0 Å². The van der Waals surface area contributed by atoms with Gasteiger partial charge in [-0.3, -0.25) is 4.79 Å². The quantitative estimate of drug-likeness (QED) is 0.806. The molecule has 1 N–H and O–H groups in total. The van der Waals surface area contributed by atoms with Gasteiger partial charge < -0.3 is 5.11 Å². The molecule has 20 heavy (non-hydrogen) atoms. The highest BCUT2D eigenvalue weighted by Gasteiger charge is 2.33. The van der Waals surface area contributed by atoms with Gasteiger partial charge in [-0.05, 0) is 47.0 Å². The number of benzene rings is 1. The molecular formula is C12H13Br2NO4S. The molecule has 0 aromatic heterocycles. The maximum atomic E-state index is 12.6. The van der Waals surface area contributed by atoms with E-state index in [1.54, 1.807) is 18.2 Å². The van der Waals surface area contributed by atoms with Gasteiger partial charge in [0.2, 0.25) is 10.0 Å². The molecule has 0 aliphatic carbocycles. The van der Waals surface area contributed by atoms with E-state index in [4.69, 9.17) is 5.11 Å². The number of rotatable bonds is 3. The Kier molecular flexibility index (Phi) is 4.88. The zero-order chi connectivity index (χ0) is 14.9. The number of aliphatic carboxylic acids is 1. The average Bonchev–Trinajstić information content (AvgIpc) is 2.41. The third-order valence-electron chi connectivity index (χ3n) is 3.31. The van der Waals surface area contributed by atoms with Gasteiger partial charge in [-0.25, -0.2) is 8.42 Å². The smallest absolute Gasteiger partial charge is 0.306 e. The Morgan fingerprint density at radius 1 is 1.25 bits per heavy atom. The highest BCUT2D eigenvalue weighted by Crippen LogP contribution is 2.30. The number of halogens is 2. The Balaban J connectivity index is 2.24. The lowest BCUT2D eigenvalue weighted by molar-refractivity contribution is -0.142. The summed E-state index contributed by atoms with van der Waals surface area (Å²) in [7, 11) is -3.60. The second-order valence-corrected chi connectivity index (χ2v) is 8.27. The van der Waals surface area contributed by atoms with Gasteiger partial charge in [0.1, 0.15) is 0 Å². The zero-order valence-corrected chi connectivity index (χ0v) is 14.4. The highest BCUT2D eigenvalue weighted by atomic mass is 79.9. The molecule has 0 saturated carbocycles. The minimum Gasteiger partial charge on any atom is -0.481 e. The van der Waals surface area contributed by atoms with Crippen LogP contribution in [0.15, 0.2) is 32.0 Å². The second-order valence-electron chi connectivity index (χ2n) is 4.59. The van der Waals surface area contributed by atoms with Crippen molar-refractivity contribution in [2.75, 3.05) is 13.1 Å². The highest BCUT2D eigenvalue weighted by molar-refractivity contribution is 9.11. The fourth-order valence-electron chi connectivity index (χ4n) is 2.16. The molecule has 1 saturated heterocycles. The van der Waals surface area contributed by atoms with E-state index in [1.807, 2.05) is 0 Å². The maximum Gasteiger partial charge on any atom is 0.306 e. The zero-order valence-electron chi connectivity index (χ0n) is 10.4. The molecular weight excluding hydrogens is 414 g/mol. The van der Waals surface area contributed by atoms with Crippen molar-refractivity contribution >= 4 is 47.9 Å². The summed E-state index contributed by atoms with van der Waals surface area (Å²) in [6.45, 7) is 0.469. The van der Waals surface area contributed by atoms with Crippen LogP contribution in [0.25, 0.3) is 0 Å². The number of piperidine rings is 1. The van der Waals surface area contributed by atoms with Gasteiger partial charge >= 0.3 is 5.97 Å². The number of carboxylic acids is 1. The van der Waals surface area contributed by atoms with Crippen molar-refractivity contribution in [1.82, 2.24) is 4.31 Å². The Morgan fingerprint density at radius 3 is 2.40 bits per heavy atom. The molecule has 110 valence electrons. The normalized spacial score (nSPS) is 18.1. The number of carbonyl (C=O) groups is 1. The number of nitrogens with zero attached hydrogens (tertiary/aromatic N) is 1. The van der Waals surface area contributed by atoms with Crippen LogP contribution in [0.2, 0.25) is 0 Å². The van der Waals surface area contributed by atoms with Crippen LogP contribution in [0.1, 0.15) is 12.8 Å². The van der Waals surface area contributed by atoms with E-state index >= 15 is 0 Å². The molecule has 0 spiro atoms. The van der Waals surface area contributed by atoms with Crippen LogP contribution >= 0.6 is 31.9 Å². The summed E-state index contributed by atoms with van der Waals surface area (Å²) < 4.78 is 27.7. The van der Waals surface area contributed by atoms with E-state index in [0.717, 1.165) is 0 Å². The monoisotopic (exact) mass is 425 g/mol. The van der Waals surface area contributed by atoms with Crippen molar-refractivity contribution in [3.05, 3.63) is 27.1 Å². The lowest BCUT2D eigenvalue weighted by Crippen LogP contribution is -2.40. The van der Waals surface area contributed by atoms with E-state index < -0.39 is 21.9 Å². The van der Waals surface area contributed by atoms with Gasteiger partial charge in [-0.15, -0.1) is 0 Å². The molecule has 0 radical (unpaired) electrons. The Morgan fingerprint density at radius 2 is 1.85 bits per heavy atom. The van der Waals surface area contributed by atoms with Crippen LogP contribution in [0.5, 0.6) is 0 Å². The van der Waals surface area contributed by atoms with Crippen molar-refractivity contribution in [2.24, 2.45) is 5.92 Å². The van der Waals surface area contributed by atoms with E-state index in [2.05, 4.69) is 31.9 Å². The van der Waals surface area contributed by atoms with Crippen molar-refractivity contribution in [2.45, 2.75) is 17.7 Å². The SMILES string of the molecule is O=C(O)C1CCN(S(=O)(=O)c2cc(Br)ccc2Br)CC1. The molecule has 1 fully saturated rings. The van der Waals surface area contributed by atoms with Crippen LogP contribution in [0, 0.1) is 5.92 Å². The first-order valence-electron chi connectivity index (χ1n) is 6.00. The fourth-order valence-corrected chi connectivity index (χ4v) is 5.09. The number of carboxylic acid groups (broad SMARTS) is 1. The maximum absolute atomic E-state index is 12.6. The first-order valence-corrected chi connectivity index (χ1v) is 9.03. The lowest BCUT2D eigenvalue weighted by Gasteiger charge is -2.29. The van der Waals surface area contributed by atoms with Crippen molar-refractivity contribution in [3.63, 3.8) is 0 Å². The summed E-state index contributed by atoms with van der Waals surface area (Å²) in [5.41, 5.74) is 0. The molecule has 5 nitrogen and oxygen atoms in total. The lowest BCUT2D eigenvalue weighted by atomic mass is 9.99. The van der Waals surface area contributed by atoms with E-state index in [-0.39, 0.29) is 18.0 Å². The summed E-state index contributed by atoms with van der Waals surface area (Å²) in [6, 6.07) is 4.96. The second kappa shape index (κ2) is 6.13. The third kappa shape index (κ3) is 3.24. The minimum atomic E-state index is -3.60. The van der Waals surface area contributed by atoms with Crippen LogP contribution in [0.4, 0.5) is 0 Å². The topological polar surface area (TPSA) is 74.7 Å². The van der Waals surface area contributed by atoms with Crippen LogP contribution in [0.3, 0.4) is 0 Å². The molecule has 1 aliphatic heterocycles. The molecule has 1 aromatic rings. The Hall–Kier alpha value is -0.440. The number of hydrogen-bond donors (Lipinski definition) is 1. The first kappa shape index (κ1) is 15.9. The van der Waals surface area contributed by atoms with Crippen LogP contribution < -0.4 is 0 Å². The van der Waals surface area contributed by atoms with Gasteiger partial charge in [-0.2, -0.15) is 4.31 Å². The van der Waals surface area contributed by atoms with E-state index in [0.29, 0.717) is 21.8 Å². The molecule has 8 heteroatoms. The molecule has 0 unspecified atom stereocenters. The van der Waals surface area contributed by atoms with Gasteiger partial charge in [-0.1, -0.05) is 15.9 Å². The summed E-state index contributed by atoms with van der Waals surface area (Å²) in [5.74, 6) is -1.31. The summed E-state index contributed by atoms with van der Waals surface area (Å²) >= 11 is 6.51. The molecule has 0 bridgehead atoms. The molecule has 1 heterocycles. The van der Waals surface area contributed by atoms with Crippen molar-refractivity contribution in [1.29, 1.82) is 0 Å². The standard InChI is InChI=1S/C12H13Br2NO4S/c13-9-1-2-10(14)11(7-9)20(18,19)15-5-3-8(4-6-15)12(16)17/h1-2,7-8H,3-6H2,(H,16,17). The van der Waals surface area contributed by atoms with Gasteiger partial charge in [0.05, 0.1) is 10.8 Å². The van der Waals surface area contributed by atoms with Crippen LogP contribution in [-0.4, -0.2) is 36.9 Å². The number of sulfonamides is 1. The third-order valence-corrected chi connectivity index (χ3v) is 6.70. The van der Waals surface area contributed by atoms with Crippen LogP contribution in [-0.2, 0) is 14.8 Å². The Labute approximate surface area is 134 Å². The summed E-state index contributed by atoms with van der Waals surface area (Å²) in [4.78, 5) is 11.1. The number of hydrogen-bond acceptors (Lipinski definition) is 3. The summed E-state index contributed by atoms with van der Waals surface area (Å²) in [6.07, 6.45) is 0.695. The molecule has 0 atom stereocenters. The molecule has 1 aromatic carbocycles. The van der Waals surface area contributed by atoms with Gasteiger partial charge in [0.25, 0.3) is 0 Å².